The quantitative estimate of drug-likeness (QED) is 0.695. The predicted octanol–water partition coefficient (Wildman–Crippen LogP) is 5.47. The molecule has 1 N–H and O–H groups in total. The molecule has 19 heavy (non-hydrogen) atoms. The lowest BCUT2D eigenvalue weighted by Gasteiger charge is -2.20. The fraction of sp³-hybridized carbons (Fsp3) is 0.600. The normalized spacial score (nSPS) is 17.9. The van der Waals surface area contributed by atoms with Crippen LogP contribution in [0.2, 0.25) is 5.02 Å². The molecule has 0 saturated heterocycles. The van der Waals surface area contributed by atoms with Gasteiger partial charge in [-0.1, -0.05) is 37.3 Å². The Morgan fingerprint density at radius 3 is 2.74 bits per heavy atom. The van der Waals surface area contributed by atoms with E-state index in [1.54, 1.807) is 6.07 Å². The molecule has 1 atom stereocenters. The van der Waals surface area contributed by atoms with Crippen molar-refractivity contribution < 1.29 is 4.39 Å². The van der Waals surface area contributed by atoms with E-state index in [9.17, 15) is 4.39 Å². The molecule has 2 rings (SSSR count). The topological polar surface area (TPSA) is 12.0 Å². The molecular weight excluding hydrogens is 329 g/mol. The number of halogens is 3. The molecular formula is C15H20BrClFN. The number of benzene rings is 1. The van der Waals surface area contributed by atoms with E-state index in [-0.39, 0.29) is 11.9 Å². The molecule has 1 aromatic carbocycles. The van der Waals surface area contributed by atoms with Gasteiger partial charge in [-0.15, -0.1) is 0 Å². The van der Waals surface area contributed by atoms with E-state index in [1.807, 2.05) is 7.05 Å². The van der Waals surface area contributed by atoms with Gasteiger partial charge in [0.25, 0.3) is 0 Å². The molecule has 0 radical (unpaired) electrons. The van der Waals surface area contributed by atoms with Crippen molar-refractivity contribution in [3.8, 4) is 0 Å². The van der Waals surface area contributed by atoms with Crippen LogP contribution in [0.15, 0.2) is 16.6 Å². The molecule has 0 heterocycles. The van der Waals surface area contributed by atoms with Crippen molar-refractivity contribution in [3.63, 3.8) is 0 Å². The van der Waals surface area contributed by atoms with Crippen LogP contribution in [0.5, 0.6) is 0 Å². The Kier molecular flexibility index (Phi) is 5.67. The Labute approximate surface area is 128 Å². The van der Waals surface area contributed by atoms with Crippen LogP contribution >= 0.6 is 27.5 Å². The Morgan fingerprint density at radius 1 is 1.42 bits per heavy atom. The summed E-state index contributed by atoms with van der Waals surface area (Å²) >= 11 is 9.32. The van der Waals surface area contributed by atoms with Gasteiger partial charge in [-0.25, -0.2) is 4.39 Å². The van der Waals surface area contributed by atoms with Crippen molar-refractivity contribution in [1.29, 1.82) is 0 Å². The first-order valence-electron chi connectivity index (χ1n) is 6.93. The third kappa shape index (κ3) is 3.93. The first-order valence-corrected chi connectivity index (χ1v) is 8.10. The molecule has 106 valence electrons. The van der Waals surface area contributed by atoms with Crippen molar-refractivity contribution in [2.75, 3.05) is 7.05 Å². The zero-order chi connectivity index (χ0) is 13.8. The summed E-state index contributed by atoms with van der Waals surface area (Å²) in [5, 5.41) is 3.78. The van der Waals surface area contributed by atoms with E-state index in [2.05, 4.69) is 21.2 Å². The molecule has 1 aliphatic rings. The second-order valence-corrected chi connectivity index (χ2v) is 6.62. The van der Waals surface area contributed by atoms with Crippen molar-refractivity contribution >= 4 is 27.5 Å². The van der Waals surface area contributed by atoms with Gasteiger partial charge in [-0.05, 0) is 53.9 Å². The third-order valence-electron chi connectivity index (χ3n) is 4.10. The number of hydrogen-bond donors (Lipinski definition) is 1. The maximum absolute atomic E-state index is 14.0. The standard InChI is InChI=1S/C15H20BrClFN/c1-19-15(7-6-10-4-2-3-5-10)11-8-13(17)12(16)9-14(11)18/h8-10,15,19H,2-7H2,1H3. The third-order valence-corrected chi connectivity index (χ3v) is 5.30. The van der Waals surface area contributed by atoms with Gasteiger partial charge in [-0.2, -0.15) is 0 Å². The van der Waals surface area contributed by atoms with Gasteiger partial charge in [0.1, 0.15) is 5.82 Å². The van der Waals surface area contributed by atoms with E-state index >= 15 is 0 Å². The molecule has 4 heteroatoms. The molecule has 0 amide bonds. The lowest BCUT2D eigenvalue weighted by Crippen LogP contribution is -2.18. The van der Waals surface area contributed by atoms with E-state index in [1.165, 1.54) is 38.2 Å². The summed E-state index contributed by atoms with van der Waals surface area (Å²) in [4.78, 5) is 0. The SMILES string of the molecule is CNC(CCC1CCCC1)c1cc(Cl)c(Br)cc1F. The maximum atomic E-state index is 14.0. The molecule has 0 aromatic heterocycles. The van der Waals surface area contributed by atoms with E-state index in [4.69, 9.17) is 11.6 Å². The summed E-state index contributed by atoms with van der Waals surface area (Å²) in [5.74, 6) is 0.631. The Bertz CT molecular complexity index is 432. The fourth-order valence-corrected chi connectivity index (χ4v) is 3.45. The van der Waals surface area contributed by atoms with E-state index in [0.717, 1.165) is 12.3 Å². The zero-order valence-corrected chi connectivity index (χ0v) is 13.5. The van der Waals surface area contributed by atoms with E-state index < -0.39 is 0 Å². The number of hydrogen-bond acceptors (Lipinski definition) is 1. The van der Waals surface area contributed by atoms with Gasteiger partial charge in [-0.3, -0.25) is 0 Å². The van der Waals surface area contributed by atoms with Crippen molar-refractivity contribution in [2.24, 2.45) is 5.92 Å². The van der Waals surface area contributed by atoms with Crippen LogP contribution in [0.4, 0.5) is 4.39 Å². The van der Waals surface area contributed by atoms with Crippen LogP contribution in [0.25, 0.3) is 0 Å². The molecule has 1 fully saturated rings. The van der Waals surface area contributed by atoms with Gasteiger partial charge in [0.05, 0.1) is 5.02 Å². The second-order valence-electron chi connectivity index (χ2n) is 5.36. The summed E-state index contributed by atoms with van der Waals surface area (Å²) in [6.45, 7) is 0. The molecule has 1 unspecified atom stereocenters. The average Bonchev–Trinajstić information content (AvgIpc) is 2.89. The highest BCUT2D eigenvalue weighted by Gasteiger charge is 2.20. The van der Waals surface area contributed by atoms with Crippen molar-refractivity contribution in [2.45, 2.75) is 44.6 Å². The van der Waals surface area contributed by atoms with Crippen LogP contribution in [-0.2, 0) is 0 Å². The van der Waals surface area contributed by atoms with Gasteiger partial charge < -0.3 is 5.32 Å². The number of nitrogens with one attached hydrogen (secondary N) is 1. The lowest BCUT2D eigenvalue weighted by atomic mass is 9.94. The van der Waals surface area contributed by atoms with Crippen molar-refractivity contribution in [3.05, 3.63) is 33.0 Å². The average molecular weight is 349 g/mol. The molecule has 0 spiro atoms. The van der Waals surface area contributed by atoms with E-state index in [0.29, 0.717) is 15.1 Å². The van der Waals surface area contributed by atoms with Crippen LogP contribution in [-0.4, -0.2) is 7.05 Å². The lowest BCUT2D eigenvalue weighted by molar-refractivity contribution is 0.418. The van der Waals surface area contributed by atoms with Crippen LogP contribution in [0.1, 0.15) is 50.1 Å². The largest absolute Gasteiger partial charge is 0.313 e. The first-order chi connectivity index (χ1) is 9.11. The second kappa shape index (κ2) is 7.05. The Hall–Kier alpha value is -0.120. The Morgan fingerprint density at radius 2 is 2.11 bits per heavy atom. The molecule has 1 saturated carbocycles. The van der Waals surface area contributed by atoms with Crippen molar-refractivity contribution in [1.82, 2.24) is 5.32 Å². The van der Waals surface area contributed by atoms with Gasteiger partial charge in [0.15, 0.2) is 0 Å². The molecule has 1 aromatic rings. The van der Waals surface area contributed by atoms with Gasteiger partial charge in [0, 0.05) is 16.1 Å². The highest BCUT2D eigenvalue weighted by atomic mass is 79.9. The fourth-order valence-electron chi connectivity index (χ4n) is 2.96. The first kappa shape index (κ1) is 15.3. The summed E-state index contributed by atoms with van der Waals surface area (Å²) in [5.41, 5.74) is 0.675. The smallest absolute Gasteiger partial charge is 0.129 e. The molecule has 0 aliphatic heterocycles. The van der Waals surface area contributed by atoms with Crippen LogP contribution in [0.3, 0.4) is 0 Å². The molecule has 0 bridgehead atoms. The van der Waals surface area contributed by atoms with Crippen LogP contribution in [0, 0.1) is 11.7 Å². The maximum Gasteiger partial charge on any atom is 0.129 e. The van der Waals surface area contributed by atoms with Gasteiger partial charge in [0.2, 0.25) is 0 Å². The zero-order valence-electron chi connectivity index (χ0n) is 11.2. The predicted molar refractivity (Wildman–Crippen MR) is 82.1 cm³/mol. The molecule has 1 nitrogen and oxygen atoms in total. The minimum absolute atomic E-state index is 0.0474. The summed E-state index contributed by atoms with van der Waals surface area (Å²) in [7, 11) is 1.88. The highest BCUT2D eigenvalue weighted by molar-refractivity contribution is 9.10. The summed E-state index contributed by atoms with van der Waals surface area (Å²) in [6.07, 6.45) is 7.51. The summed E-state index contributed by atoms with van der Waals surface area (Å²) < 4.78 is 14.7. The minimum Gasteiger partial charge on any atom is -0.313 e. The highest BCUT2D eigenvalue weighted by Crippen LogP contribution is 2.34. The minimum atomic E-state index is -0.193. The van der Waals surface area contributed by atoms with Gasteiger partial charge >= 0.3 is 0 Å². The Balaban J connectivity index is 2.05. The number of rotatable bonds is 5. The monoisotopic (exact) mass is 347 g/mol. The molecule has 1 aliphatic carbocycles. The summed E-state index contributed by atoms with van der Waals surface area (Å²) in [6, 6.07) is 3.24. The van der Waals surface area contributed by atoms with Crippen LogP contribution < -0.4 is 5.32 Å².